The van der Waals surface area contributed by atoms with Crippen LogP contribution in [0.1, 0.15) is 0 Å². The molecule has 31 heavy (non-hydrogen) atoms. The van der Waals surface area contributed by atoms with Crippen molar-refractivity contribution < 1.29 is 44.5 Å². The van der Waals surface area contributed by atoms with Crippen LogP contribution in [0.15, 0.2) is 51.9 Å². The van der Waals surface area contributed by atoms with Crippen LogP contribution < -0.4 is 10.2 Å². The lowest BCUT2D eigenvalue weighted by atomic mass is 9.99. The van der Waals surface area contributed by atoms with Crippen LogP contribution >= 0.6 is 0 Å². The lowest BCUT2D eigenvalue weighted by Gasteiger charge is -2.39. The molecule has 1 aromatic heterocycles. The summed E-state index contributed by atoms with van der Waals surface area (Å²) in [5.74, 6) is -0.465. The predicted octanol–water partition coefficient (Wildman–Crippen LogP) is 0.0499. The zero-order chi connectivity index (χ0) is 22.3. The maximum atomic E-state index is 12.9. The molecule has 0 aliphatic carbocycles. The molecule has 0 saturated carbocycles. The number of benzene rings is 2. The summed E-state index contributed by atoms with van der Waals surface area (Å²) in [6, 6.07) is 8.29. The van der Waals surface area contributed by atoms with Crippen molar-refractivity contribution in [1.82, 2.24) is 0 Å². The van der Waals surface area contributed by atoms with Gasteiger partial charge in [0, 0.05) is 12.1 Å². The third-order valence-electron chi connectivity index (χ3n) is 5.11. The minimum atomic E-state index is -1.64. The molecule has 3 aromatic rings. The number of phenolic OH excluding ortho intramolecular Hbond substituents is 2. The summed E-state index contributed by atoms with van der Waals surface area (Å²) in [5.41, 5.74) is 0.135. The van der Waals surface area contributed by atoms with Gasteiger partial charge >= 0.3 is 0 Å². The van der Waals surface area contributed by atoms with E-state index in [0.29, 0.717) is 5.56 Å². The SMILES string of the molecule is O=c1c(-c2ccc(O)cc2)coc2cc(O[C@@H]3O[C@H](CO)[C@H](O)[C@H](O)[C@H]3O)cc(O)c12. The first-order valence-electron chi connectivity index (χ1n) is 9.35. The molecule has 0 bridgehead atoms. The molecule has 1 saturated heterocycles. The Bertz CT molecular complexity index is 1140. The average Bonchev–Trinajstić information content (AvgIpc) is 2.75. The van der Waals surface area contributed by atoms with E-state index in [9.17, 15) is 35.4 Å². The Morgan fingerprint density at radius 3 is 2.35 bits per heavy atom. The summed E-state index contributed by atoms with van der Waals surface area (Å²) in [4.78, 5) is 12.9. The molecule has 164 valence electrons. The molecule has 1 fully saturated rings. The van der Waals surface area contributed by atoms with E-state index in [1.807, 2.05) is 0 Å². The zero-order valence-electron chi connectivity index (χ0n) is 16.0. The van der Waals surface area contributed by atoms with Crippen molar-refractivity contribution in [3.8, 4) is 28.4 Å². The lowest BCUT2D eigenvalue weighted by Crippen LogP contribution is -2.60. The van der Waals surface area contributed by atoms with Crippen LogP contribution in [0.25, 0.3) is 22.1 Å². The van der Waals surface area contributed by atoms with Crippen LogP contribution in [-0.2, 0) is 4.74 Å². The first-order chi connectivity index (χ1) is 14.8. The average molecular weight is 432 g/mol. The van der Waals surface area contributed by atoms with E-state index in [1.54, 1.807) is 0 Å². The highest BCUT2D eigenvalue weighted by Crippen LogP contribution is 2.32. The van der Waals surface area contributed by atoms with Gasteiger partial charge in [-0.1, -0.05) is 12.1 Å². The Morgan fingerprint density at radius 1 is 0.968 bits per heavy atom. The number of hydrogen-bond donors (Lipinski definition) is 6. The molecular formula is C21H20O10. The summed E-state index contributed by atoms with van der Waals surface area (Å²) < 4.78 is 16.2. The number of aromatic hydroxyl groups is 2. The number of aliphatic hydroxyl groups is 4. The number of fused-ring (bicyclic) bond motifs is 1. The molecular weight excluding hydrogens is 412 g/mol. The summed E-state index contributed by atoms with van der Waals surface area (Å²) >= 11 is 0. The number of ether oxygens (including phenoxy) is 2. The molecule has 0 spiro atoms. The van der Waals surface area contributed by atoms with Crippen LogP contribution in [0.5, 0.6) is 17.2 Å². The van der Waals surface area contributed by atoms with Gasteiger partial charge in [0.15, 0.2) is 0 Å². The third kappa shape index (κ3) is 3.82. The fraction of sp³-hybridized carbons (Fsp3) is 0.286. The highest BCUT2D eigenvalue weighted by Gasteiger charge is 2.44. The van der Waals surface area contributed by atoms with Crippen LogP contribution in [-0.4, -0.2) is 68.0 Å². The van der Waals surface area contributed by atoms with Gasteiger partial charge in [-0.3, -0.25) is 4.79 Å². The Labute approximate surface area is 174 Å². The van der Waals surface area contributed by atoms with Crippen molar-refractivity contribution in [3.63, 3.8) is 0 Å². The topological polar surface area (TPSA) is 170 Å². The van der Waals surface area contributed by atoms with Crippen molar-refractivity contribution in [1.29, 1.82) is 0 Å². The second-order valence-electron chi connectivity index (χ2n) is 7.16. The second kappa shape index (κ2) is 8.17. The van der Waals surface area contributed by atoms with Crippen molar-refractivity contribution >= 4 is 11.0 Å². The third-order valence-corrected chi connectivity index (χ3v) is 5.11. The van der Waals surface area contributed by atoms with E-state index in [2.05, 4.69) is 0 Å². The molecule has 2 aromatic carbocycles. The van der Waals surface area contributed by atoms with Gasteiger partial charge in [-0.25, -0.2) is 0 Å². The van der Waals surface area contributed by atoms with Gasteiger partial charge in [-0.05, 0) is 17.7 Å². The van der Waals surface area contributed by atoms with Crippen LogP contribution in [0.4, 0.5) is 0 Å². The highest BCUT2D eigenvalue weighted by molar-refractivity contribution is 5.88. The van der Waals surface area contributed by atoms with Gasteiger partial charge in [0.25, 0.3) is 0 Å². The van der Waals surface area contributed by atoms with Crippen molar-refractivity contribution in [2.75, 3.05) is 6.61 Å². The minimum absolute atomic E-state index is 0.00730. The second-order valence-corrected chi connectivity index (χ2v) is 7.16. The molecule has 0 amide bonds. The van der Waals surface area contributed by atoms with Gasteiger partial charge in [-0.15, -0.1) is 0 Å². The number of rotatable bonds is 4. The Morgan fingerprint density at radius 2 is 1.68 bits per heavy atom. The van der Waals surface area contributed by atoms with Gasteiger partial charge < -0.3 is 44.5 Å². The van der Waals surface area contributed by atoms with E-state index in [-0.39, 0.29) is 28.0 Å². The van der Waals surface area contributed by atoms with Gasteiger partial charge in [0.1, 0.15) is 58.9 Å². The number of phenols is 2. The van der Waals surface area contributed by atoms with E-state index >= 15 is 0 Å². The standard InChI is InChI=1S/C21H20O10/c22-7-15-18(26)19(27)20(28)21(31-15)30-11-5-13(24)16-14(6-11)29-8-12(17(16)25)9-1-3-10(23)4-2-9/h1-6,8,15,18-24,26-28H,7H2/t15-,18+,19+,20-,21-/m1/s1. The van der Waals surface area contributed by atoms with Crippen molar-refractivity contribution in [2.45, 2.75) is 30.7 Å². The fourth-order valence-corrected chi connectivity index (χ4v) is 3.41. The Hall–Kier alpha value is -3.15. The quantitative estimate of drug-likeness (QED) is 0.331. The van der Waals surface area contributed by atoms with Gasteiger partial charge in [-0.2, -0.15) is 0 Å². The molecule has 0 unspecified atom stereocenters. The zero-order valence-corrected chi connectivity index (χ0v) is 16.0. The van der Waals surface area contributed by atoms with Crippen molar-refractivity contribution in [3.05, 3.63) is 52.9 Å². The van der Waals surface area contributed by atoms with Crippen LogP contribution in [0.2, 0.25) is 0 Å². The summed E-state index contributed by atoms with van der Waals surface area (Å²) in [6.45, 7) is -0.622. The first kappa shape index (κ1) is 21.1. The maximum absolute atomic E-state index is 12.9. The normalized spacial score (nSPS) is 26.1. The molecule has 5 atom stereocenters. The summed E-state index contributed by atoms with van der Waals surface area (Å²) in [6.07, 6.45) is -6.23. The molecule has 1 aliphatic rings. The van der Waals surface area contributed by atoms with Crippen LogP contribution in [0, 0.1) is 0 Å². The smallest absolute Gasteiger partial charge is 0.229 e. The number of hydrogen-bond acceptors (Lipinski definition) is 10. The van der Waals surface area contributed by atoms with E-state index in [0.717, 1.165) is 6.07 Å². The lowest BCUT2D eigenvalue weighted by molar-refractivity contribution is -0.277. The molecule has 4 rings (SSSR count). The number of aliphatic hydroxyl groups excluding tert-OH is 4. The first-order valence-corrected chi connectivity index (χ1v) is 9.35. The Kier molecular flexibility index (Phi) is 5.56. The summed E-state index contributed by atoms with van der Waals surface area (Å²) in [5, 5.41) is 58.8. The Balaban J connectivity index is 1.68. The molecule has 6 N–H and O–H groups in total. The molecule has 10 heteroatoms. The van der Waals surface area contributed by atoms with Gasteiger partial charge in [0.05, 0.1) is 12.2 Å². The largest absolute Gasteiger partial charge is 0.508 e. The molecule has 2 heterocycles. The van der Waals surface area contributed by atoms with E-state index in [1.165, 1.54) is 36.6 Å². The van der Waals surface area contributed by atoms with Gasteiger partial charge in [0.2, 0.25) is 11.7 Å². The molecule has 1 aliphatic heterocycles. The monoisotopic (exact) mass is 432 g/mol. The fourth-order valence-electron chi connectivity index (χ4n) is 3.41. The van der Waals surface area contributed by atoms with Crippen LogP contribution in [0.3, 0.4) is 0 Å². The maximum Gasteiger partial charge on any atom is 0.229 e. The highest BCUT2D eigenvalue weighted by atomic mass is 16.7. The predicted molar refractivity (Wildman–Crippen MR) is 106 cm³/mol. The molecule has 0 radical (unpaired) electrons. The van der Waals surface area contributed by atoms with E-state index < -0.39 is 48.5 Å². The summed E-state index contributed by atoms with van der Waals surface area (Å²) in [7, 11) is 0. The van der Waals surface area contributed by atoms with Crippen molar-refractivity contribution in [2.24, 2.45) is 0 Å². The molecule has 10 nitrogen and oxygen atoms in total. The van der Waals surface area contributed by atoms with E-state index in [4.69, 9.17) is 13.9 Å². The minimum Gasteiger partial charge on any atom is -0.508 e.